The first-order valence-corrected chi connectivity index (χ1v) is 12.5. The van der Waals surface area contributed by atoms with Crippen LogP contribution < -0.4 is 20.7 Å². The van der Waals surface area contributed by atoms with Gasteiger partial charge in [-0.15, -0.1) is 0 Å². The maximum absolute atomic E-state index is 12.5. The summed E-state index contributed by atoms with van der Waals surface area (Å²) in [6, 6.07) is 10.7. The van der Waals surface area contributed by atoms with Crippen LogP contribution in [0.1, 0.15) is 10.4 Å². The number of hydrogen-bond acceptors (Lipinski definition) is 5. The Morgan fingerprint density at radius 2 is 1.81 bits per heavy atom. The lowest BCUT2D eigenvalue weighted by Gasteiger charge is -2.28. The summed E-state index contributed by atoms with van der Waals surface area (Å²) in [5, 5.41) is 8.92. The number of alkyl halides is 3. The summed E-state index contributed by atoms with van der Waals surface area (Å²) >= 11 is 26.6. The highest BCUT2D eigenvalue weighted by Crippen LogP contribution is 2.31. The fourth-order valence-electron chi connectivity index (χ4n) is 2.35. The Kier molecular flexibility index (Phi) is 9.21. The standard InChI is InChI=1S/C19H17BrCl3N3O4S2/c1-3-32(28,29)13-8-9-14(15(10-13)30-2)24-18(31)26-17(19(21,22)23)25-16(27)11-4-6-12(20)7-5-11/h3-10,17H,1H2,2H3,(H,25,27)(H2,24,26,31)/t17-/m1/s1. The van der Waals surface area contributed by atoms with Gasteiger partial charge in [-0.05, 0) is 48.6 Å². The summed E-state index contributed by atoms with van der Waals surface area (Å²) in [4.78, 5) is 12.5. The quantitative estimate of drug-likeness (QED) is 0.239. The van der Waals surface area contributed by atoms with Gasteiger partial charge in [0, 0.05) is 21.5 Å². The van der Waals surface area contributed by atoms with E-state index in [1.807, 2.05) is 0 Å². The number of benzene rings is 2. The number of anilines is 1. The highest BCUT2D eigenvalue weighted by atomic mass is 79.9. The molecule has 32 heavy (non-hydrogen) atoms. The lowest BCUT2D eigenvalue weighted by Crippen LogP contribution is -2.56. The zero-order valence-corrected chi connectivity index (χ0v) is 21.9. The Bertz CT molecular complexity index is 1120. The van der Waals surface area contributed by atoms with Crippen molar-refractivity contribution in [2.45, 2.75) is 14.9 Å². The van der Waals surface area contributed by atoms with E-state index in [0.29, 0.717) is 11.3 Å². The first-order valence-electron chi connectivity index (χ1n) is 8.63. The van der Waals surface area contributed by atoms with E-state index >= 15 is 0 Å². The van der Waals surface area contributed by atoms with Crippen LogP contribution in [0.3, 0.4) is 0 Å². The summed E-state index contributed by atoms with van der Waals surface area (Å²) in [6.45, 7) is 3.29. The molecule has 3 N–H and O–H groups in total. The minimum absolute atomic E-state index is 0.00490. The van der Waals surface area contributed by atoms with E-state index in [1.165, 1.54) is 25.3 Å². The largest absolute Gasteiger partial charge is 0.495 e. The lowest BCUT2D eigenvalue weighted by atomic mass is 10.2. The number of amides is 1. The van der Waals surface area contributed by atoms with Crippen molar-refractivity contribution in [1.29, 1.82) is 0 Å². The van der Waals surface area contributed by atoms with E-state index in [2.05, 4.69) is 38.5 Å². The normalized spacial score (nSPS) is 12.4. The van der Waals surface area contributed by atoms with Crippen LogP contribution in [0.5, 0.6) is 5.75 Å². The number of ether oxygens (including phenoxy) is 1. The van der Waals surface area contributed by atoms with E-state index in [0.717, 1.165) is 9.88 Å². The zero-order valence-electron chi connectivity index (χ0n) is 16.4. The van der Waals surface area contributed by atoms with E-state index in [-0.39, 0.29) is 15.8 Å². The molecule has 0 spiro atoms. The van der Waals surface area contributed by atoms with Crippen LogP contribution in [0.15, 0.2) is 63.8 Å². The fraction of sp³-hybridized carbons (Fsp3) is 0.158. The van der Waals surface area contributed by atoms with Crippen LogP contribution in [0.4, 0.5) is 5.69 Å². The van der Waals surface area contributed by atoms with Gasteiger partial charge in [0.1, 0.15) is 11.9 Å². The Labute approximate surface area is 214 Å². The fourth-order valence-corrected chi connectivity index (χ4v) is 3.89. The molecule has 0 aliphatic heterocycles. The molecule has 2 aromatic rings. The van der Waals surface area contributed by atoms with Crippen LogP contribution in [-0.4, -0.2) is 36.5 Å². The molecule has 172 valence electrons. The number of nitrogens with one attached hydrogen (secondary N) is 3. The molecular formula is C19H17BrCl3N3O4S2. The lowest BCUT2D eigenvalue weighted by molar-refractivity contribution is 0.0934. The molecule has 0 radical (unpaired) electrons. The first-order chi connectivity index (χ1) is 14.9. The van der Waals surface area contributed by atoms with Crippen molar-refractivity contribution in [3.8, 4) is 5.75 Å². The van der Waals surface area contributed by atoms with Gasteiger partial charge >= 0.3 is 0 Å². The third-order valence-electron chi connectivity index (χ3n) is 3.95. The molecule has 0 unspecified atom stereocenters. The molecule has 1 amide bonds. The summed E-state index contributed by atoms with van der Waals surface area (Å²) in [7, 11) is -2.29. The average molecular weight is 602 g/mol. The summed E-state index contributed by atoms with van der Waals surface area (Å²) in [6.07, 6.45) is -1.20. The second-order valence-electron chi connectivity index (χ2n) is 6.13. The average Bonchev–Trinajstić information content (AvgIpc) is 2.73. The van der Waals surface area contributed by atoms with Crippen LogP contribution in [0.25, 0.3) is 0 Å². The van der Waals surface area contributed by atoms with Gasteiger partial charge < -0.3 is 20.7 Å². The number of methoxy groups -OCH3 is 1. The van der Waals surface area contributed by atoms with Crippen molar-refractivity contribution < 1.29 is 17.9 Å². The molecule has 0 aliphatic rings. The maximum Gasteiger partial charge on any atom is 0.252 e. The highest BCUT2D eigenvalue weighted by molar-refractivity contribution is 9.10. The van der Waals surface area contributed by atoms with Crippen LogP contribution in [-0.2, 0) is 9.84 Å². The molecule has 0 saturated carbocycles. The molecule has 0 aromatic heterocycles. The minimum Gasteiger partial charge on any atom is -0.495 e. The van der Waals surface area contributed by atoms with Crippen LogP contribution in [0.2, 0.25) is 0 Å². The summed E-state index contributed by atoms with van der Waals surface area (Å²) < 4.78 is 28.0. The topological polar surface area (TPSA) is 96.5 Å². The van der Waals surface area contributed by atoms with Crippen molar-refractivity contribution >= 4 is 89.5 Å². The number of sulfone groups is 1. The van der Waals surface area contributed by atoms with Crippen LogP contribution in [0, 0.1) is 0 Å². The predicted molar refractivity (Wildman–Crippen MR) is 135 cm³/mol. The molecule has 0 fully saturated rings. The maximum atomic E-state index is 12.5. The van der Waals surface area contributed by atoms with Gasteiger partial charge in [0.25, 0.3) is 5.91 Å². The molecule has 0 heterocycles. The van der Waals surface area contributed by atoms with E-state index in [4.69, 9.17) is 51.8 Å². The molecule has 0 bridgehead atoms. The molecule has 2 rings (SSSR count). The number of hydrogen-bond donors (Lipinski definition) is 3. The molecular weight excluding hydrogens is 585 g/mol. The van der Waals surface area contributed by atoms with Gasteiger partial charge in [-0.25, -0.2) is 8.42 Å². The SMILES string of the molecule is C=CS(=O)(=O)c1ccc(NC(=S)N[C@@H](NC(=O)c2ccc(Br)cc2)C(Cl)(Cl)Cl)c(OC)c1. The van der Waals surface area contributed by atoms with Crippen LogP contribution >= 0.6 is 63.0 Å². The monoisotopic (exact) mass is 599 g/mol. The van der Waals surface area contributed by atoms with Gasteiger partial charge in [0.05, 0.1) is 17.7 Å². The van der Waals surface area contributed by atoms with Gasteiger partial charge in [0.2, 0.25) is 3.79 Å². The molecule has 7 nitrogen and oxygen atoms in total. The van der Waals surface area contributed by atoms with Crippen molar-refractivity contribution in [1.82, 2.24) is 10.6 Å². The van der Waals surface area contributed by atoms with E-state index in [1.54, 1.807) is 24.3 Å². The number of carbonyl (C=O) groups excluding carboxylic acids is 1. The summed E-state index contributed by atoms with van der Waals surface area (Å²) in [5.41, 5.74) is 0.684. The predicted octanol–water partition coefficient (Wildman–Crippen LogP) is 4.79. The smallest absolute Gasteiger partial charge is 0.252 e. The molecule has 2 aromatic carbocycles. The number of halogens is 4. The zero-order chi connectivity index (χ0) is 24.1. The second kappa shape index (κ2) is 11.0. The molecule has 0 saturated heterocycles. The Hall–Kier alpha value is -1.56. The Morgan fingerprint density at radius 1 is 1.19 bits per heavy atom. The third kappa shape index (κ3) is 7.23. The van der Waals surface area contributed by atoms with Gasteiger partial charge in [-0.1, -0.05) is 57.3 Å². The van der Waals surface area contributed by atoms with Crippen molar-refractivity contribution in [2.75, 3.05) is 12.4 Å². The van der Waals surface area contributed by atoms with E-state index < -0.39 is 25.7 Å². The van der Waals surface area contributed by atoms with Gasteiger partial charge in [-0.2, -0.15) is 0 Å². The number of rotatable bonds is 7. The molecule has 0 aliphatic carbocycles. The number of carbonyl (C=O) groups is 1. The summed E-state index contributed by atoms with van der Waals surface area (Å²) in [5.74, 6) is -0.304. The van der Waals surface area contributed by atoms with Gasteiger partial charge in [-0.3, -0.25) is 4.79 Å². The number of thiocarbonyl (C=S) groups is 1. The van der Waals surface area contributed by atoms with E-state index in [9.17, 15) is 13.2 Å². The second-order valence-corrected chi connectivity index (χ2v) is 11.7. The first kappa shape index (κ1) is 26.7. The van der Waals surface area contributed by atoms with Crippen molar-refractivity contribution in [3.05, 3.63) is 64.5 Å². The Morgan fingerprint density at radius 3 is 2.34 bits per heavy atom. The molecule has 1 atom stereocenters. The van der Waals surface area contributed by atoms with Crippen molar-refractivity contribution in [2.24, 2.45) is 0 Å². The highest BCUT2D eigenvalue weighted by Gasteiger charge is 2.35. The van der Waals surface area contributed by atoms with Crippen molar-refractivity contribution in [3.63, 3.8) is 0 Å². The van der Waals surface area contributed by atoms with Gasteiger partial charge in [0.15, 0.2) is 14.9 Å². The minimum atomic E-state index is -3.65. The molecule has 13 heteroatoms. The third-order valence-corrected chi connectivity index (χ3v) is 6.71. The Balaban J connectivity index is 2.18.